The quantitative estimate of drug-likeness (QED) is 0.211. The molecule has 0 fully saturated rings. The highest BCUT2D eigenvalue weighted by Gasteiger charge is 2.23. The van der Waals surface area contributed by atoms with Crippen molar-refractivity contribution in [1.82, 2.24) is 15.0 Å². The summed E-state index contributed by atoms with van der Waals surface area (Å²) < 4.78 is 5.24. The third-order valence-corrected chi connectivity index (χ3v) is 7.93. The minimum atomic E-state index is 0.533. The summed E-state index contributed by atoms with van der Waals surface area (Å²) in [4.78, 5) is 15.0. The second-order valence-corrected chi connectivity index (χ2v) is 10.4. The van der Waals surface area contributed by atoms with Gasteiger partial charge in [-0.2, -0.15) is 0 Å². The first-order valence-corrected chi connectivity index (χ1v) is 14.1. The van der Waals surface area contributed by atoms with Gasteiger partial charge in [-0.3, -0.25) is 0 Å². The summed E-state index contributed by atoms with van der Waals surface area (Å²) in [6.45, 7) is 0. The molecule has 1 radical (unpaired) electrons. The number of hydrogen-bond acceptors (Lipinski definition) is 5. The number of benzene rings is 6. The third kappa shape index (κ3) is 4.36. The van der Waals surface area contributed by atoms with Gasteiger partial charge in [-0.15, -0.1) is 0 Å². The Morgan fingerprint density at radius 3 is 1.86 bits per heavy atom. The molecule has 1 N–H and O–H groups in total. The molecule has 1 heterocycles. The Hall–Kier alpha value is -5.59. The average molecular weight is 552 g/mol. The van der Waals surface area contributed by atoms with Crippen LogP contribution in [0.1, 0.15) is 0 Å². The molecule has 0 saturated heterocycles. The maximum absolute atomic E-state index is 9.17. The minimum absolute atomic E-state index is 0.533. The standard InChI is InChI=1S/C37H23BN3O2/c42-38-43-27-14-6-13-25(21-27)28-15-4-5-16-32(28)37-40-35(24-9-2-1-3-10-24)39-36(41-37)26-19-20-29-30-17-7-11-23-12-8-18-31(34(23)30)33(29)22-26/h1-22,42H. The van der Waals surface area contributed by atoms with Gasteiger partial charge in [0.1, 0.15) is 5.75 Å². The molecule has 7 aromatic rings. The van der Waals surface area contributed by atoms with E-state index in [1.807, 2.05) is 72.8 Å². The van der Waals surface area contributed by atoms with Gasteiger partial charge in [0.05, 0.1) is 0 Å². The van der Waals surface area contributed by atoms with E-state index in [2.05, 4.69) is 54.6 Å². The maximum atomic E-state index is 9.17. The van der Waals surface area contributed by atoms with Crippen molar-refractivity contribution in [3.63, 3.8) is 0 Å². The van der Waals surface area contributed by atoms with Gasteiger partial charge >= 0.3 is 7.69 Å². The van der Waals surface area contributed by atoms with Crippen LogP contribution in [-0.2, 0) is 0 Å². The van der Waals surface area contributed by atoms with E-state index in [-0.39, 0.29) is 0 Å². The van der Waals surface area contributed by atoms with E-state index in [1.165, 1.54) is 33.0 Å². The number of aromatic nitrogens is 3. The third-order valence-electron chi connectivity index (χ3n) is 7.93. The zero-order valence-electron chi connectivity index (χ0n) is 23.0. The van der Waals surface area contributed by atoms with Crippen LogP contribution in [0.4, 0.5) is 0 Å². The van der Waals surface area contributed by atoms with Gasteiger partial charge < -0.3 is 9.68 Å². The largest absolute Gasteiger partial charge is 0.569 e. The lowest BCUT2D eigenvalue weighted by Gasteiger charge is -2.13. The van der Waals surface area contributed by atoms with Crippen LogP contribution in [0.15, 0.2) is 133 Å². The number of fused-ring (bicyclic) bond motifs is 3. The number of hydrogen-bond donors (Lipinski definition) is 1. The van der Waals surface area contributed by atoms with E-state index in [4.69, 9.17) is 24.6 Å². The second-order valence-electron chi connectivity index (χ2n) is 10.4. The first-order valence-electron chi connectivity index (χ1n) is 14.1. The van der Waals surface area contributed by atoms with Crippen LogP contribution in [0, 0.1) is 0 Å². The Morgan fingerprint density at radius 1 is 0.442 bits per heavy atom. The van der Waals surface area contributed by atoms with E-state index in [1.54, 1.807) is 6.07 Å². The fourth-order valence-corrected chi connectivity index (χ4v) is 6.00. The molecule has 0 saturated carbocycles. The van der Waals surface area contributed by atoms with Gasteiger partial charge in [0.15, 0.2) is 17.5 Å². The monoisotopic (exact) mass is 552 g/mol. The molecule has 6 heteroatoms. The lowest BCUT2D eigenvalue weighted by atomic mass is 9.98. The molecule has 0 spiro atoms. The molecule has 0 amide bonds. The number of rotatable bonds is 6. The van der Waals surface area contributed by atoms with Crippen molar-refractivity contribution in [3.05, 3.63) is 133 Å². The molecule has 43 heavy (non-hydrogen) atoms. The number of nitrogens with zero attached hydrogens (tertiary/aromatic N) is 3. The van der Waals surface area contributed by atoms with E-state index < -0.39 is 0 Å². The summed E-state index contributed by atoms with van der Waals surface area (Å²) in [5.41, 5.74) is 9.47. The van der Waals surface area contributed by atoms with E-state index in [0.717, 1.165) is 27.8 Å². The summed E-state index contributed by atoms with van der Waals surface area (Å²) in [7, 11) is 0.685. The Balaban J connectivity index is 1.31. The first-order chi connectivity index (χ1) is 21.3. The molecular weight excluding hydrogens is 529 g/mol. The molecule has 6 aromatic carbocycles. The Bertz CT molecular complexity index is 2160. The molecule has 1 aromatic heterocycles. The summed E-state index contributed by atoms with van der Waals surface area (Å²) in [6.07, 6.45) is 0. The van der Waals surface area contributed by atoms with Crippen LogP contribution in [0.3, 0.4) is 0 Å². The van der Waals surface area contributed by atoms with E-state index in [0.29, 0.717) is 30.9 Å². The smallest absolute Gasteiger partial charge is 0.537 e. The fraction of sp³-hybridized carbons (Fsp3) is 0. The van der Waals surface area contributed by atoms with Crippen LogP contribution < -0.4 is 4.65 Å². The maximum Gasteiger partial charge on any atom is 0.569 e. The minimum Gasteiger partial charge on any atom is -0.537 e. The zero-order valence-corrected chi connectivity index (χ0v) is 23.0. The van der Waals surface area contributed by atoms with Crippen molar-refractivity contribution >= 4 is 18.5 Å². The highest BCUT2D eigenvalue weighted by atomic mass is 16.5. The van der Waals surface area contributed by atoms with Gasteiger partial charge in [-0.1, -0.05) is 115 Å². The van der Waals surface area contributed by atoms with Gasteiger partial charge in [0.2, 0.25) is 0 Å². The van der Waals surface area contributed by atoms with Crippen LogP contribution in [0.2, 0.25) is 0 Å². The molecule has 0 atom stereocenters. The van der Waals surface area contributed by atoms with Gasteiger partial charge in [0, 0.05) is 16.7 Å². The van der Waals surface area contributed by atoms with Crippen molar-refractivity contribution in [3.8, 4) is 73.3 Å². The lowest BCUT2D eigenvalue weighted by Crippen LogP contribution is -2.01. The molecule has 8 rings (SSSR count). The van der Waals surface area contributed by atoms with E-state index in [9.17, 15) is 0 Å². The van der Waals surface area contributed by atoms with Crippen LogP contribution >= 0.6 is 0 Å². The Kier molecular flexibility index (Phi) is 6.06. The Labute approximate surface area is 249 Å². The normalized spacial score (nSPS) is 11.4. The summed E-state index contributed by atoms with van der Waals surface area (Å²) in [5, 5.41) is 11.7. The highest BCUT2D eigenvalue weighted by Crippen LogP contribution is 2.48. The van der Waals surface area contributed by atoms with Gasteiger partial charge in [0.25, 0.3) is 0 Å². The van der Waals surface area contributed by atoms with Crippen molar-refractivity contribution in [1.29, 1.82) is 0 Å². The van der Waals surface area contributed by atoms with Crippen molar-refractivity contribution in [2.75, 3.05) is 0 Å². The zero-order chi connectivity index (χ0) is 28.8. The van der Waals surface area contributed by atoms with Crippen LogP contribution in [0.5, 0.6) is 5.75 Å². The molecular formula is C37H23BN3O2. The van der Waals surface area contributed by atoms with Crippen molar-refractivity contribution < 1.29 is 9.68 Å². The molecule has 1 aliphatic rings. The van der Waals surface area contributed by atoms with Crippen LogP contribution in [-0.4, -0.2) is 27.7 Å². The first kappa shape index (κ1) is 25.2. The van der Waals surface area contributed by atoms with Gasteiger partial charge in [-0.05, 0) is 62.4 Å². The SMILES string of the molecule is O[B]Oc1cccc(-c2ccccc2-c2nc(-c3ccccc3)nc(-c3ccc4c(c3)-c3cccc5cccc-4c35)n2)c1. The summed E-state index contributed by atoms with van der Waals surface area (Å²) in [5.74, 6) is 2.32. The fourth-order valence-electron chi connectivity index (χ4n) is 6.00. The van der Waals surface area contributed by atoms with Crippen molar-refractivity contribution in [2.45, 2.75) is 0 Å². The predicted octanol–water partition coefficient (Wildman–Crippen LogP) is 8.25. The van der Waals surface area contributed by atoms with Crippen molar-refractivity contribution in [2.24, 2.45) is 0 Å². The Morgan fingerprint density at radius 2 is 1.07 bits per heavy atom. The highest BCUT2D eigenvalue weighted by molar-refractivity contribution is 6.17. The predicted molar refractivity (Wildman–Crippen MR) is 172 cm³/mol. The molecule has 201 valence electrons. The molecule has 1 aliphatic carbocycles. The topological polar surface area (TPSA) is 68.1 Å². The molecule has 0 aliphatic heterocycles. The van der Waals surface area contributed by atoms with Gasteiger partial charge in [-0.25, -0.2) is 15.0 Å². The molecule has 5 nitrogen and oxygen atoms in total. The summed E-state index contributed by atoms with van der Waals surface area (Å²) in [6, 6.07) is 45.1. The lowest BCUT2D eigenvalue weighted by molar-refractivity contribution is 0.454. The molecule has 0 bridgehead atoms. The average Bonchev–Trinajstić information content (AvgIpc) is 3.40. The van der Waals surface area contributed by atoms with E-state index >= 15 is 0 Å². The summed E-state index contributed by atoms with van der Waals surface area (Å²) >= 11 is 0. The second kappa shape index (κ2) is 10.4. The van der Waals surface area contributed by atoms with Crippen LogP contribution in [0.25, 0.3) is 78.3 Å². The molecule has 0 unspecified atom stereocenters.